The van der Waals surface area contributed by atoms with Crippen LogP contribution in [0, 0.1) is 12.7 Å². The van der Waals surface area contributed by atoms with Gasteiger partial charge in [-0.1, -0.05) is 48.0 Å². The third-order valence-corrected chi connectivity index (χ3v) is 4.24. The van der Waals surface area contributed by atoms with E-state index in [2.05, 4.69) is 16.0 Å². The summed E-state index contributed by atoms with van der Waals surface area (Å²) in [6.45, 7) is 1.98. The maximum atomic E-state index is 14.1. The molecule has 3 aromatic rings. The van der Waals surface area contributed by atoms with E-state index >= 15 is 0 Å². The highest BCUT2D eigenvalue weighted by Crippen LogP contribution is 2.20. The summed E-state index contributed by atoms with van der Waals surface area (Å²) in [5.74, 6) is -1.08. The fourth-order valence-corrected chi connectivity index (χ4v) is 2.73. The second-order valence-electron chi connectivity index (χ2n) is 6.67. The second kappa shape index (κ2) is 9.50. The number of rotatable bonds is 7. The molecular formula is C23H22FN3O2. The van der Waals surface area contributed by atoms with Crippen LogP contribution in [-0.2, 0) is 16.0 Å². The van der Waals surface area contributed by atoms with Gasteiger partial charge in [-0.2, -0.15) is 0 Å². The van der Waals surface area contributed by atoms with E-state index in [1.807, 2.05) is 61.5 Å². The van der Waals surface area contributed by atoms with E-state index in [4.69, 9.17) is 0 Å². The molecule has 0 radical (unpaired) electrons. The smallest absolute Gasteiger partial charge is 0.243 e. The van der Waals surface area contributed by atoms with Crippen molar-refractivity contribution in [2.75, 3.05) is 22.5 Å². The van der Waals surface area contributed by atoms with Crippen LogP contribution in [0.2, 0.25) is 0 Å². The predicted molar refractivity (Wildman–Crippen MR) is 113 cm³/mol. The Hall–Kier alpha value is -3.67. The van der Waals surface area contributed by atoms with Crippen LogP contribution in [0.25, 0.3) is 0 Å². The van der Waals surface area contributed by atoms with Gasteiger partial charge in [0.05, 0.1) is 18.7 Å². The number of halogens is 1. The molecule has 0 heterocycles. The lowest BCUT2D eigenvalue weighted by atomic mass is 10.1. The number of hydrogen-bond donors (Lipinski definition) is 3. The molecule has 5 nitrogen and oxygen atoms in total. The standard InChI is InChI=1S/C23H22FN3O2/c1-16-7-9-18(10-8-16)26-23(29)15-25-19-11-12-20(24)21(14-19)27-22(28)13-17-5-3-2-4-6-17/h2-12,14,25H,13,15H2,1H3,(H,26,29)(H,27,28). The minimum Gasteiger partial charge on any atom is -0.376 e. The minimum atomic E-state index is -0.541. The zero-order chi connectivity index (χ0) is 20.6. The molecule has 0 unspecified atom stereocenters. The Morgan fingerprint density at radius 3 is 2.24 bits per heavy atom. The summed E-state index contributed by atoms with van der Waals surface area (Å²) in [7, 11) is 0. The van der Waals surface area contributed by atoms with Crippen LogP contribution in [0.5, 0.6) is 0 Å². The highest BCUT2D eigenvalue weighted by atomic mass is 19.1. The monoisotopic (exact) mass is 391 g/mol. The number of anilines is 3. The summed E-state index contributed by atoms with van der Waals surface area (Å²) in [6.07, 6.45) is 0.150. The Morgan fingerprint density at radius 1 is 0.828 bits per heavy atom. The van der Waals surface area contributed by atoms with Crippen molar-refractivity contribution in [3.8, 4) is 0 Å². The van der Waals surface area contributed by atoms with Gasteiger partial charge in [0.15, 0.2) is 0 Å². The number of nitrogens with one attached hydrogen (secondary N) is 3. The zero-order valence-corrected chi connectivity index (χ0v) is 16.0. The highest BCUT2D eigenvalue weighted by molar-refractivity contribution is 5.94. The molecule has 148 valence electrons. The molecule has 0 bridgehead atoms. The molecule has 0 aliphatic rings. The van der Waals surface area contributed by atoms with Gasteiger partial charge in [-0.25, -0.2) is 4.39 Å². The molecule has 0 aromatic heterocycles. The van der Waals surface area contributed by atoms with Crippen molar-refractivity contribution >= 4 is 28.9 Å². The number of carbonyl (C=O) groups is 2. The molecule has 0 fully saturated rings. The van der Waals surface area contributed by atoms with Crippen molar-refractivity contribution in [2.45, 2.75) is 13.3 Å². The number of benzene rings is 3. The maximum Gasteiger partial charge on any atom is 0.243 e. The van der Waals surface area contributed by atoms with Crippen LogP contribution < -0.4 is 16.0 Å². The summed E-state index contributed by atoms with van der Waals surface area (Å²) in [4.78, 5) is 24.3. The van der Waals surface area contributed by atoms with E-state index in [1.54, 1.807) is 0 Å². The Kier molecular flexibility index (Phi) is 6.58. The van der Waals surface area contributed by atoms with Gasteiger partial charge < -0.3 is 16.0 Å². The van der Waals surface area contributed by atoms with Crippen LogP contribution in [-0.4, -0.2) is 18.4 Å². The lowest BCUT2D eigenvalue weighted by molar-refractivity contribution is -0.116. The average Bonchev–Trinajstić information content (AvgIpc) is 2.71. The van der Waals surface area contributed by atoms with Crippen LogP contribution in [0.4, 0.5) is 21.5 Å². The molecular weight excluding hydrogens is 369 g/mol. The number of amides is 2. The SMILES string of the molecule is Cc1ccc(NC(=O)CNc2ccc(F)c(NC(=O)Cc3ccccc3)c2)cc1. The first-order valence-electron chi connectivity index (χ1n) is 9.23. The number of carbonyl (C=O) groups excluding carboxylic acids is 2. The Labute approximate surface area is 169 Å². The molecule has 0 saturated carbocycles. The molecule has 0 aliphatic heterocycles. The van der Waals surface area contributed by atoms with Gasteiger partial charge in [0.25, 0.3) is 0 Å². The van der Waals surface area contributed by atoms with E-state index in [9.17, 15) is 14.0 Å². The number of aryl methyl sites for hydroxylation is 1. The third-order valence-electron chi connectivity index (χ3n) is 4.24. The Morgan fingerprint density at radius 2 is 1.52 bits per heavy atom. The number of hydrogen-bond acceptors (Lipinski definition) is 3. The van der Waals surface area contributed by atoms with Crippen molar-refractivity contribution in [1.82, 2.24) is 0 Å². The third kappa shape index (κ3) is 6.17. The van der Waals surface area contributed by atoms with Gasteiger partial charge in [0.2, 0.25) is 11.8 Å². The van der Waals surface area contributed by atoms with Crippen molar-refractivity contribution in [3.63, 3.8) is 0 Å². The minimum absolute atomic E-state index is 0.0108. The highest BCUT2D eigenvalue weighted by Gasteiger charge is 2.10. The maximum absolute atomic E-state index is 14.1. The predicted octanol–water partition coefficient (Wildman–Crippen LogP) is 4.37. The summed E-state index contributed by atoms with van der Waals surface area (Å²) in [6, 6.07) is 20.9. The fourth-order valence-electron chi connectivity index (χ4n) is 2.73. The van der Waals surface area contributed by atoms with E-state index in [0.29, 0.717) is 11.4 Å². The molecule has 0 atom stereocenters. The lowest BCUT2D eigenvalue weighted by Gasteiger charge is -2.11. The molecule has 3 N–H and O–H groups in total. The van der Waals surface area contributed by atoms with E-state index in [1.165, 1.54) is 18.2 Å². The van der Waals surface area contributed by atoms with Gasteiger partial charge in [0, 0.05) is 11.4 Å². The van der Waals surface area contributed by atoms with Crippen molar-refractivity contribution < 1.29 is 14.0 Å². The molecule has 0 saturated heterocycles. The molecule has 2 amide bonds. The van der Waals surface area contributed by atoms with Crippen LogP contribution in [0.3, 0.4) is 0 Å². The quantitative estimate of drug-likeness (QED) is 0.560. The molecule has 0 spiro atoms. The van der Waals surface area contributed by atoms with Crippen molar-refractivity contribution in [3.05, 3.63) is 89.7 Å². The fraction of sp³-hybridized carbons (Fsp3) is 0.130. The summed E-state index contributed by atoms with van der Waals surface area (Å²) < 4.78 is 14.1. The van der Waals surface area contributed by atoms with E-state index < -0.39 is 5.82 Å². The van der Waals surface area contributed by atoms with Crippen molar-refractivity contribution in [1.29, 1.82) is 0 Å². The Bertz CT molecular complexity index is 989. The van der Waals surface area contributed by atoms with Crippen molar-refractivity contribution in [2.24, 2.45) is 0 Å². The first-order valence-corrected chi connectivity index (χ1v) is 9.23. The second-order valence-corrected chi connectivity index (χ2v) is 6.67. The molecule has 3 rings (SSSR count). The topological polar surface area (TPSA) is 70.2 Å². The first kappa shape index (κ1) is 20.1. The zero-order valence-electron chi connectivity index (χ0n) is 16.0. The molecule has 6 heteroatoms. The molecule has 0 aliphatic carbocycles. The largest absolute Gasteiger partial charge is 0.376 e. The summed E-state index contributed by atoms with van der Waals surface area (Å²) in [5.41, 5.74) is 3.24. The van der Waals surface area contributed by atoms with Gasteiger partial charge >= 0.3 is 0 Å². The average molecular weight is 391 g/mol. The Balaban J connectivity index is 1.56. The van der Waals surface area contributed by atoms with E-state index in [0.717, 1.165) is 11.1 Å². The van der Waals surface area contributed by atoms with E-state index in [-0.39, 0.29) is 30.5 Å². The normalized spacial score (nSPS) is 10.3. The van der Waals surface area contributed by atoms with Crippen LogP contribution >= 0.6 is 0 Å². The van der Waals surface area contributed by atoms with Gasteiger partial charge in [-0.3, -0.25) is 9.59 Å². The summed E-state index contributed by atoms with van der Waals surface area (Å²) >= 11 is 0. The van der Waals surface area contributed by atoms with Gasteiger partial charge in [0.1, 0.15) is 5.82 Å². The van der Waals surface area contributed by atoms with Gasteiger partial charge in [-0.05, 0) is 42.8 Å². The van der Waals surface area contributed by atoms with Gasteiger partial charge in [-0.15, -0.1) is 0 Å². The summed E-state index contributed by atoms with van der Waals surface area (Å²) in [5, 5.41) is 8.29. The lowest BCUT2D eigenvalue weighted by Crippen LogP contribution is -2.22. The van der Waals surface area contributed by atoms with Crippen LogP contribution in [0.15, 0.2) is 72.8 Å². The van der Waals surface area contributed by atoms with Crippen LogP contribution in [0.1, 0.15) is 11.1 Å². The molecule has 3 aromatic carbocycles. The molecule has 29 heavy (non-hydrogen) atoms. The first-order chi connectivity index (χ1) is 14.0.